The highest BCUT2D eigenvalue weighted by atomic mass is 32.1. The second-order valence-corrected chi connectivity index (χ2v) is 3.01. The minimum absolute atomic E-state index is 0.321. The van der Waals surface area contributed by atoms with E-state index in [1.807, 2.05) is 12.1 Å². The Labute approximate surface area is 79.9 Å². The highest BCUT2D eigenvalue weighted by Crippen LogP contribution is 2.06. The lowest BCUT2D eigenvalue weighted by Gasteiger charge is -1.86. The number of para-hydroxylation sites is 2. The minimum Gasteiger partial charge on any atom is -0.267 e. The highest BCUT2D eigenvalue weighted by Gasteiger charge is 1.95. The maximum absolute atomic E-state index is 11.1. The second-order valence-electron chi connectivity index (χ2n) is 2.55. The molecule has 1 heterocycles. The third-order valence-corrected chi connectivity index (χ3v) is 1.83. The zero-order valence-corrected chi connectivity index (χ0v) is 7.53. The lowest BCUT2D eigenvalue weighted by Crippen LogP contribution is -1.98. The molecule has 3 nitrogen and oxygen atoms in total. The van der Waals surface area contributed by atoms with E-state index in [0.29, 0.717) is 16.1 Å². The van der Waals surface area contributed by atoms with Gasteiger partial charge in [-0.25, -0.2) is 9.97 Å². The normalized spacial score (nSPS) is 10.2. The van der Waals surface area contributed by atoms with Crippen LogP contribution in [0.3, 0.4) is 0 Å². The summed E-state index contributed by atoms with van der Waals surface area (Å²) in [6, 6.07) is 8.49. The molecule has 0 fully saturated rings. The molecule has 0 N–H and O–H groups in total. The van der Waals surface area contributed by atoms with Gasteiger partial charge < -0.3 is 0 Å². The third-order valence-electron chi connectivity index (χ3n) is 1.60. The predicted molar refractivity (Wildman–Crippen MR) is 53.1 cm³/mol. The molecular formula is C9H6N2OS. The predicted octanol–water partition coefficient (Wildman–Crippen LogP) is 1.28. The molecule has 2 aromatic rings. The van der Waals surface area contributed by atoms with Crippen LogP contribution in [0.5, 0.6) is 0 Å². The largest absolute Gasteiger partial charge is 0.273 e. The highest BCUT2D eigenvalue weighted by molar-refractivity contribution is 7.80. The van der Waals surface area contributed by atoms with E-state index in [0.717, 1.165) is 0 Å². The van der Waals surface area contributed by atoms with Gasteiger partial charge in [-0.3, -0.25) is 4.79 Å². The number of rotatable bonds is 0. The first-order valence-corrected chi connectivity index (χ1v) is 4.17. The van der Waals surface area contributed by atoms with Crippen LogP contribution in [0, 0.1) is 0 Å². The topological polar surface area (TPSA) is 42.9 Å². The maximum atomic E-state index is 11.1. The molecule has 0 saturated heterocycles. The fraction of sp³-hybridized carbons (Fsp3) is 0. The summed E-state index contributed by atoms with van der Waals surface area (Å²) in [5.41, 5.74) is 0.945. The standard InChI is InChI=1S/C9H6N2OS/c12-8-5-9(13)11-7-4-2-1-3-6(7)10-8/h1-5,13H. The van der Waals surface area contributed by atoms with Crippen LogP contribution < -0.4 is 5.56 Å². The molecule has 0 aliphatic heterocycles. The van der Waals surface area contributed by atoms with Crippen LogP contribution in [-0.2, 0) is 0 Å². The molecule has 0 saturated carbocycles. The van der Waals surface area contributed by atoms with Gasteiger partial charge in [0.15, 0.2) is 0 Å². The van der Waals surface area contributed by atoms with Crippen LogP contribution in [-0.4, -0.2) is 9.97 Å². The fourth-order valence-corrected chi connectivity index (χ4v) is 1.29. The summed E-state index contributed by atoms with van der Waals surface area (Å²) in [6.07, 6.45) is 0. The molecule has 0 spiro atoms. The molecule has 0 amide bonds. The zero-order valence-electron chi connectivity index (χ0n) is 6.64. The van der Waals surface area contributed by atoms with Crippen LogP contribution in [0.25, 0.3) is 11.0 Å². The number of hydrogen-bond acceptors (Lipinski definition) is 4. The summed E-state index contributed by atoms with van der Waals surface area (Å²) in [5.74, 6) is 0. The van der Waals surface area contributed by atoms with Gasteiger partial charge in [0.25, 0.3) is 5.56 Å². The van der Waals surface area contributed by atoms with E-state index in [4.69, 9.17) is 0 Å². The SMILES string of the molecule is O=c1cc(S)nc2ccccc2n1. The molecule has 1 aromatic carbocycles. The van der Waals surface area contributed by atoms with Crippen molar-refractivity contribution in [2.24, 2.45) is 0 Å². The van der Waals surface area contributed by atoms with Crippen molar-refractivity contribution in [2.45, 2.75) is 5.03 Å². The summed E-state index contributed by atoms with van der Waals surface area (Å²) in [5, 5.41) is 0.388. The lowest BCUT2D eigenvalue weighted by molar-refractivity contribution is 1.20. The molecule has 0 aliphatic rings. The van der Waals surface area contributed by atoms with E-state index in [1.165, 1.54) is 6.07 Å². The molecule has 0 bridgehead atoms. The van der Waals surface area contributed by atoms with Crippen LogP contribution in [0.2, 0.25) is 0 Å². The Kier molecular flexibility index (Phi) is 1.98. The first kappa shape index (κ1) is 8.19. The smallest absolute Gasteiger partial charge is 0.267 e. The summed E-state index contributed by atoms with van der Waals surface area (Å²) >= 11 is 4.03. The van der Waals surface area contributed by atoms with Gasteiger partial charge in [0.2, 0.25) is 0 Å². The molecule has 0 unspecified atom stereocenters. The van der Waals surface area contributed by atoms with Gasteiger partial charge in [0, 0.05) is 6.07 Å². The molecule has 4 heteroatoms. The van der Waals surface area contributed by atoms with Gasteiger partial charge in [0.1, 0.15) is 0 Å². The Morgan fingerprint density at radius 2 is 1.69 bits per heavy atom. The first-order chi connectivity index (χ1) is 6.25. The molecule has 0 atom stereocenters. The van der Waals surface area contributed by atoms with E-state index in [-0.39, 0.29) is 5.56 Å². The van der Waals surface area contributed by atoms with Crippen LogP contribution in [0.15, 0.2) is 40.2 Å². The quantitative estimate of drug-likeness (QED) is 0.636. The summed E-state index contributed by atoms with van der Waals surface area (Å²) in [6.45, 7) is 0. The van der Waals surface area contributed by atoms with Crippen molar-refractivity contribution in [3.05, 3.63) is 40.7 Å². The summed E-state index contributed by atoms with van der Waals surface area (Å²) < 4.78 is 0. The van der Waals surface area contributed by atoms with Crippen LogP contribution in [0.1, 0.15) is 0 Å². The number of benzene rings is 1. The monoisotopic (exact) mass is 190 g/mol. The zero-order chi connectivity index (χ0) is 9.26. The average Bonchev–Trinajstić information content (AvgIpc) is 2.20. The Morgan fingerprint density at radius 1 is 1.08 bits per heavy atom. The molecule has 64 valence electrons. The Hall–Kier alpha value is -1.42. The van der Waals surface area contributed by atoms with Gasteiger partial charge >= 0.3 is 0 Å². The number of aromatic nitrogens is 2. The third kappa shape index (κ3) is 1.67. The van der Waals surface area contributed by atoms with Gasteiger partial charge in [-0.2, -0.15) is 0 Å². The van der Waals surface area contributed by atoms with Crippen molar-refractivity contribution in [1.82, 2.24) is 9.97 Å². The maximum Gasteiger partial charge on any atom is 0.273 e. The van der Waals surface area contributed by atoms with Gasteiger partial charge in [-0.15, -0.1) is 12.6 Å². The molecule has 13 heavy (non-hydrogen) atoms. The Balaban J connectivity index is 2.98. The summed E-state index contributed by atoms with van der Waals surface area (Å²) in [7, 11) is 0. The van der Waals surface area contributed by atoms with Crippen molar-refractivity contribution in [2.75, 3.05) is 0 Å². The van der Waals surface area contributed by atoms with Crippen molar-refractivity contribution >= 4 is 23.7 Å². The van der Waals surface area contributed by atoms with E-state index in [1.54, 1.807) is 12.1 Å². The number of nitrogens with zero attached hydrogens (tertiary/aromatic N) is 2. The molecule has 0 aliphatic carbocycles. The summed E-state index contributed by atoms with van der Waals surface area (Å²) in [4.78, 5) is 19.0. The number of hydrogen-bond donors (Lipinski definition) is 1. The second kappa shape index (κ2) is 3.14. The van der Waals surface area contributed by atoms with E-state index < -0.39 is 0 Å². The average molecular weight is 190 g/mol. The Bertz CT molecular complexity index is 513. The minimum atomic E-state index is -0.321. The van der Waals surface area contributed by atoms with Crippen LogP contribution in [0.4, 0.5) is 0 Å². The van der Waals surface area contributed by atoms with Crippen molar-refractivity contribution in [3.8, 4) is 0 Å². The van der Waals surface area contributed by atoms with Crippen molar-refractivity contribution in [1.29, 1.82) is 0 Å². The van der Waals surface area contributed by atoms with E-state index >= 15 is 0 Å². The fourth-order valence-electron chi connectivity index (χ4n) is 1.07. The molecule has 1 aromatic heterocycles. The first-order valence-electron chi connectivity index (χ1n) is 3.73. The Morgan fingerprint density at radius 3 is 2.38 bits per heavy atom. The van der Waals surface area contributed by atoms with Crippen LogP contribution >= 0.6 is 12.6 Å². The van der Waals surface area contributed by atoms with Crippen molar-refractivity contribution < 1.29 is 0 Å². The molecule has 0 radical (unpaired) electrons. The van der Waals surface area contributed by atoms with Crippen molar-refractivity contribution in [3.63, 3.8) is 0 Å². The van der Waals surface area contributed by atoms with E-state index in [2.05, 4.69) is 22.6 Å². The van der Waals surface area contributed by atoms with Gasteiger partial charge in [-0.1, -0.05) is 12.1 Å². The van der Waals surface area contributed by atoms with Gasteiger partial charge in [0.05, 0.1) is 16.1 Å². The van der Waals surface area contributed by atoms with E-state index in [9.17, 15) is 4.79 Å². The lowest BCUT2D eigenvalue weighted by atomic mass is 10.3. The number of thiol groups is 1. The molecular weight excluding hydrogens is 184 g/mol. The van der Waals surface area contributed by atoms with Gasteiger partial charge in [-0.05, 0) is 12.1 Å². The molecule has 2 rings (SSSR count). The number of fused-ring (bicyclic) bond motifs is 1.